The van der Waals surface area contributed by atoms with E-state index in [0.29, 0.717) is 25.3 Å². The first-order valence-electron chi connectivity index (χ1n) is 12.1. The third kappa shape index (κ3) is 3.96. The molecule has 1 spiro atoms. The van der Waals surface area contributed by atoms with Crippen molar-refractivity contribution < 1.29 is 19.1 Å². The minimum absolute atomic E-state index is 0.0161. The molecule has 5 rings (SSSR count). The van der Waals surface area contributed by atoms with Crippen LogP contribution in [0.5, 0.6) is 11.5 Å². The topological polar surface area (TPSA) is 67.9 Å². The second-order valence-corrected chi connectivity index (χ2v) is 9.59. The highest BCUT2D eigenvalue weighted by Gasteiger charge is 2.46. The Balaban J connectivity index is 1.33. The summed E-state index contributed by atoms with van der Waals surface area (Å²) in [6, 6.07) is 11.7. The number of fused-ring (bicyclic) bond motifs is 3. The Bertz CT molecular complexity index is 1070. The van der Waals surface area contributed by atoms with E-state index in [1.165, 1.54) is 24.0 Å². The maximum atomic E-state index is 13.4. The zero-order valence-electron chi connectivity index (χ0n) is 19.5. The van der Waals surface area contributed by atoms with E-state index in [1.54, 1.807) is 0 Å². The summed E-state index contributed by atoms with van der Waals surface area (Å²) >= 11 is 0. The number of aryl methyl sites for hydroxylation is 1. The lowest BCUT2D eigenvalue weighted by atomic mass is 9.71. The third-order valence-electron chi connectivity index (χ3n) is 7.57. The van der Waals surface area contributed by atoms with Crippen molar-refractivity contribution in [2.75, 3.05) is 26.3 Å². The minimum Gasteiger partial charge on any atom is -0.486 e. The Morgan fingerprint density at radius 1 is 1.09 bits per heavy atom. The number of hydrogen-bond donors (Lipinski definition) is 1. The van der Waals surface area contributed by atoms with Gasteiger partial charge in [-0.05, 0) is 61.6 Å². The summed E-state index contributed by atoms with van der Waals surface area (Å²) in [6.07, 6.45) is 4.81. The molecule has 2 heterocycles. The van der Waals surface area contributed by atoms with Crippen molar-refractivity contribution in [1.29, 1.82) is 0 Å². The second kappa shape index (κ2) is 8.73. The van der Waals surface area contributed by atoms with Gasteiger partial charge in [0.05, 0.1) is 6.04 Å². The number of rotatable bonds is 4. The molecule has 2 aromatic rings. The highest BCUT2D eigenvalue weighted by Crippen LogP contribution is 2.51. The fourth-order valence-corrected chi connectivity index (χ4v) is 5.76. The van der Waals surface area contributed by atoms with E-state index < -0.39 is 0 Å². The largest absolute Gasteiger partial charge is 0.486 e. The summed E-state index contributed by atoms with van der Waals surface area (Å²) in [5, 5.41) is 2.92. The molecule has 0 aromatic heterocycles. The van der Waals surface area contributed by atoms with Crippen molar-refractivity contribution in [2.24, 2.45) is 0 Å². The zero-order valence-corrected chi connectivity index (χ0v) is 19.5. The van der Waals surface area contributed by atoms with Crippen LogP contribution in [0.25, 0.3) is 0 Å². The van der Waals surface area contributed by atoms with Crippen molar-refractivity contribution in [1.82, 2.24) is 10.2 Å². The van der Waals surface area contributed by atoms with E-state index in [4.69, 9.17) is 9.47 Å². The fraction of sp³-hybridized carbons (Fsp3) is 0.481. The molecular weight excluding hydrogens is 416 g/mol. The number of carbonyl (C=O) groups excluding carboxylic acids is 2. The molecule has 6 nitrogen and oxygen atoms in total. The van der Waals surface area contributed by atoms with Crippen molar-refractivity contribution in [3.05, 3.63) is 58.7 Å². The molecule has 0 saturated heterocycles. The van der Waals surface area contributed by atoms with E-state index in [1.807, 2.05) is 36.1 Å². The Hall–Kier alpha value is -3.02. The van der Waals surface area contributed by atoms with Crippen molar-refractivity contribution >= 4 is 11.8 Å². The van der Waals surface area contributed by atoms with E-state index in [-0.39, 0.29) is 29.7 Å². The van der Waals surface area contributed by atoms with Gasteiger partial charge < -0.3 is 19.7 Å². The number of nitrogens with zero attached hydrogens (tertiary/aromatic N) is 1. The van der Waals surface area contributed by atoms with Crippen LogP contribution in [0.15, 0.2) is 36.4 Å². The molecule has 0 radical (unpaired) electrons. The van der Waals surface area contributed by atoms with Gasteiger partial charge in [-0.2, -0.15) is 0 Å². The summed E-state index contributed by atoms with van der Waals surface area (Å²) < 4.78 is 11.7. The van der Waals surface area contributed by atoms with Gasteiger partial charge in [0.15, 0.2) is 11.5 Å². The Morgan fingerprint density at radius 2 is 1.79 bits per heavy atom. The van der Waals surface area contributed by atoms with Gasteiger partial charge in [-0.25, -0.2) is 0 Å². The van der Waals surface area contributed by atoms with Crippen molar-refractivity contribution in [2.45, 2.75) is 57.4 Å². The average Bonchev–Trinajstić information content (AvgIpc) is 3.30. The van der Waals surface area contributed by atoms with Gasteiger partial charge in [-0.1, -0.05) is 31.0 Å². The van der Waals surface area contributed by atoms with Gasteiger partial charge in [-0.3, -0.25) is 9.59 Å². The average molecular weight is 449 g/mol. The lowest BCUT2D eigenvalue weighted by molar-refractivity contribution is -0.135. The molecule has 33 heavy (non-hydrogen) atoms. The smallest absolute Gasteiger partial charge is 0.251 e. The molecular formula is C27H32N2O4. The van der Waals surface area contributed by atoms with Crippen LogP contribution in [0.2, 0.25) is 0 Å². The summed E-state index contributed by atoms with van der Waals surface area (Å²) in [7, 11) is 0. The molecule has 1 aliphatic carbocycles. The monoisotopic (exact) mass is 448 g/mol. The minimum atomic E-state index is -0.131. The quantitative estimate of drug-likeness (QED) is 0.757. The van der Waals surface area contributed by atoms with Crippen molar-refractivity contribution in [3.8, 4) is 11.5 Å². The van der Waals surface area contributed by atoms with Crippen LogP contribution >= 0.6 is 0 Å². The number of ether oxygens (including phenoxy) is 2. The van der Waals surface area contributed by atoms with Crippen LogP contribution < -0.4 is 14.8 Å². The molecule has 6 heteroatoms. The molecule has 1 N–H and O–H groups in total. The molecule has 0 bridgehead atoms. The molecule has 1 saturated carbocycles. The predicted octanol–water partition coefficient (Wildman–Crippen LogP) is 4.30. The normalized spacial score (nSPS) is 20.4. The Morgan fingerprint density at radius 3 is 2.52 bits per heavy atom. The van der Waals surface area contributed by atoms with Gasteiger partial charge in [0, 0.05) is 30.5 Å². The van der Waals surface area contributed by atoms with Gasteiger partial charge in [0.25, 0.3) is 5.91 Å². The standard InChI is InChI=1S/C27H32N2O4/c1-18-7-3-4-8-20(18)26(31)28-12-9-25(30)29-17-27(10-5-6-11-27)22-16-24-23(32-13-14-33-24)15-21(22)19(29)2/h3-4,7-8,15-16,19H,5-6,9-14,17H2,1-2H3,(H,28,31). The van der Waals surface area contributed by atoms with E-state index in [0.717, 1.165) is 36.4 Å². The lowest BCUT2D eigenvalue weighted by Gasteiger charge is -2.46. The molecule has 2 aromatic carbocycles. The van der Waals surface area contributed by atoms with Crippen LogP contribution in [0, 0.1) is 6.92 Å². The molecule has 1 atom stereocenters. The first-order chi connectivity index (χ1) is 16.0. The van der Waals surface area contributed by atoms with E-state index >= 15 is 0 Å². The van der Waals surface area contributed by atoms with Crippen LogP contribution in [-0.4, -0.2) is 43.0 Å². The maximum Gasteiger partial charge on any atom is 0.251 e. The van der Waals surface area contributed by atoms with Gasteiger partial charge in [-0.15, -0.1) is 0 Å². The number of amides is 2. The first-order valence-corrected chi connectivity index (χ1v) is 12.1. The highest BCUT2D eigenvalue weighted by molar-refractivity contribution is 5.95. The Labute approximate surface area is 195 Å². The fourth-order valence-electron chi connectivity index (χ4n) is 5.76. The molecule has 174 valence electrons. The van der Waals surface area contributed by atoms with Gasteiger partial charge in [0.2, 0.25) is 5.91 Å². The summed E-state index contributed by atoms with van der Waals surface area (Å²) in [4.78, 5) is 27.9. The van der Waals surface area contributed by atoms with Crippen molar-refractivity contribution in [3.63, 3.8) is 0 Å². The number of nitrogens with one attached hydrogen (secondary N) is 1. The molecule has 2 amide bonds. The number of benzene rings is 2. The highest BCUT2D eigenvalue weighted by atomic mass is 16.6. The van der Waals surface area contributed by atoms with E-state index in [2.05, 4.69) is 24.4 Å². The molecule has 1 fully saturated rings. The zero-order chi connectivity index (χ0) is 23.0. The predicted molar refractivity (Wildman–Crippen MR) is 126 cm³/mol. The number of hydrogen-bond acceptors (Lipinski definition) is 4. The van der Waals surface area contributed by atoms with Crippen LogP contribution in [-0.2, 0) is 10.2 Å². The SMILES string of the molecule is Cc1ccccc1C(=O)NCCC(=O)N1CC2(CCCC2)c2cc3c(cc2C1C)OCCO3. The molecule has 2 aliphatic heterocycles. The molecule has 1 unspecified atom stereocenters. The summed E-state index contributed by atoms with van der Waals surface area (Å²) in [5.41, 5.74) is 4.07. The summed E-state index contributed by atoms with van der Waals surface area (Å²) in [6.45, 7) is 6.20. The Kier molecular flexibility index (Phi) is 5.77. The second-order valence-electron chi connectivity index (χ2n) is 9.59. The third-order valence-corrected chi connectivity index (χ3v) is 7.57. The summed E-state index contributed by atoms with van der Waals surface area (Å²) in [5.74, 6) is 1.56. The van der Waals surface area contributed by atoms with Crippen LogP contribution in [0.1, 0.15) is 72.1 Å². The van der Waals surface area contributed by atoms with Crippen LogP contribution in [0.3, 0.4) is 0 Å². The molecule has 3 aliphatic rings. The van der Waals surface area contributed by atoms with Crippen LogP contribution in [0.4, 0.5) is 0 Å². The van der Waals surface area contributed by atoms with Gasteiger partial charge >= 0.3 is 0 Å². The van der Waals surface area contributed by atoms with E-state index in [9.17, 15) is 9.59 Å². The lowest BCUT2D eigenvalue weighted by Crippen LogP contribution is -2.49. The number of carbonyl (C=O) groups is 2. The maximum absolute atomic E-state index is 13.4. The van der Waals surface area contributed by atoms with Gasteiger partial charge in [0.1, 0.15) is 13.2 Å². The first kappa shape index (κ1) is 21.8.